The van der Waals surface area contributed by atoms with Crippen molar-refractivity contribution in [1.29, 1.82) is 0 Å². The topological polar surface area (TPSA) is 268 Å². The van der Waals surface area contributed by atoms with Crippen molar-refractivity contribution >= 4 is 30.5 Å². The number of hydrogen-bond acceptors (Lipinski definition) is 18. The molecule has 514 valence electrons. The van der Waals surface area contributed by atoms with E-state index < -0.39 is 48.0 Å². The zero-order chi connectivity index (χ0) is 69.2. The molecule has 0 atom stereocenters. The first-order valence-corrected chi connectivity index (χ1v) is 32.8. The van der Waals surface area contributed by atoms with Gasteiger partial charge < -0.3 is 47.6 Å². The number of rotatable bonds is 24. The fourth-order valence-corrected chi connectivity index (χ4v) is 10.2. The van der Waals surface area contributed by atoms with Crippen LogP contribution in [0, 0.1) is 44.4 Å². The van der Waals surface area contributed by atoms with E-state index in [-0.39, 0.29) is 29.4 Å². The number of aromatic carboxylic acids is 1. The summed E-state index contributed by atoms with van der Waals surface area (Å²) in [6.45, 7) is 20.6. The first kappa shape index (κ1) is 70.5. The summed E-state index contributed by atoms with van der Waals surface area (Å²) in [6, 6.07) is 28.8. The lowest BCUT2D eigenvalue weighted by Gasteiger charge is -2.32. The number of ether oxygens (including phenoxy) is 7. The van der Waals surface area contributed by atoms with Crippen molar-refractivity contribution in [3.63, 3.8) is 0 Å². The largest absolute Gasteiger partial charge is 0.497 e. The van der Waals surface area contributed by atoms with Gasteiger partial charge in [-0.05, 0) is 250 Å². The SMILES string of the molecule is CC1(C)OB(c2cc(OCC3CC3)cc(C(F)(F)F)c2)OC1(C)C.CCOC(=O)c1n[nH]nc1-c1cc(C)cc(OCC2CC2)c1.CCOC(=O)c1nnn(Cc2ccc(OC)cc2)c1-c1cc(C)cc(OCC2CC2)c1.Cc1cc(OCC2CC2)cc(-c2n[nH]nc2C(=O)O)c1. The Morgan fingerprint density at radius 3 is 1.42 bits per heavy atom. The molecule has 1 saturated heterocycles. The number of nitrogens with one attached hydrogen (secondary N) is 2. The van der Waals surface area contributed by atoms with Crippen molar-refractivity contribution in [3.8, 4) is 62.5 Å². The number of alkyl halides is 3. The van der Waals surface area contributed by atoms with Crippen molar-refractivity contribution in [2.75, 3.05) is 46.8 Å². The molecule has 13 rings (SSSR count). The van der Waals surface area contributed by atoms with Crippen LogP contribution in [0.15, 0.2) is 97.1 Å². The third kappa shape index (κ3) is 19.5. The van der Waals surface area contributed by atoms with E-state index in [9.17, 15) is 27.6 Å². The second-order valence-electron chi connectivity index (χ2n) is 26.1. The van der Waals surface area contributed by atoms with Gasteiger partial charge in [0.15, 0.2) is 17.1 Å². The number of halogens is 3. The highest BCUT2D eigenvalue weighted by Gasteiger charge is 2.52. The molecule has 0 radical (unpaired) electrons. The predicted octanol–water partition coefficient (Wildman–Crippen LogP) is 13.1. The Hall–Kier alpha value is -9.30. The van der Waals surface area contributed by atoms with Crippen molar-refractivity contribution in [2.24, 2.45) is 23.7 Å². The minimum Gasteiger partial charge on any atom is -0.497 e. The van der Waals surface area contributed by atoms with Crippen LogP contribution in [0.4, 0.5) is 13.2 Å². The number of nitrogens with zero attached hydrogens (tertiary/aromatic N) is 7. The zero-order valence-electron chi connectivity index (χ0n) is 56.3. The number of carboxylic acids is 1. The molecule has 97 heavy (non-hydrogen) atoms. The summed E-state index contributed by atoms with van der Waals surface area (Å²) in [6.07, 6.45) is 5.10. The number of methoxy groups -OCH3 is 1. The van der Waals surface area contributed by atoms with Crippen LogP contribution in [-0.4, -0.2) is 134 Å². The Kier molecular flexibility index (Phi) is 22.4. The normalized spacial score (nSPS) is 15.9. The van der Waals surface area contributed by atoms with Crippen LogP contribution in [0.3, 0.4) is 0 Å². The minimum atomic E-state index is -4.45. The van der Waals surface area contributed by atoms with Gasteiger partial charge in [-0.1, -0.05) is 17.3 Å². The molecule has 5 fully saturated rings. The van der Waals surface area contributed by atoms with Gasteiger partial charge in [0.2, 0.25) is 0 Å². The van der Waals surface area contributed by atoms with Crippen LogP contribution in [0.1, 0.15) is 152 Å². The number of carboxylic acid groups (broad SMARTS) is 1. The van der Waals surface area contributed by atoms with Gasteiger partial charge in [0, 0.05) is 16.7 Å². The van der Waals surface area contributed by atoms with Crippen molar-refractivity contribution < 1.29 is 75.1 Å². The average molecular weight is 1340 g/mol. The van der Waals surface area contributed by atoms with E-state index in [0.717, 1.165) is 94.6 Å². The van der Waals surface area contributed by atoms with Crippen molar-refractivity contribution in [2.45, 2.75) is 138 Å². The maximum atomic E-state index is 13.2. The summed E-state index contributed by atoms with van der Waals surface area (Å²) >= 11 is 0. The van der Waals surface area contributed by atoms with Crippen LogP contribution in [0.5, 0.6) is 28.7 Å². The molecule has 0 spiro atoms. The van der Waals surface area contributed by atoms with Gasteiger partial charge in [-0.2, -0.15) is 33.8 Å². The second-order valence-corrected chi connectivity index (χ2v) is 26.1. The number of aromatic amines is 2. The highest BCUT2D eigenvalue weighted by atomic mass is 19.4. The van der Waals surface area contributed by atoms with Crippen LogP contribution in [0.2, 0.25) is 0 Å². The van der Waals surface area contributed by atoms with Gasteiger partial charge in [0.1, 0.15) is 45.8 Å². The molecule has 1 aliphatic heterocycles. The van der Waals surface area contributed by atoms with Gasteiger partial charge in [-0.15, -0.1) is 15.3 Å². The number of carbonyl (C=O) groups is 3. The summed E-state index contributed by atoms with van der Waals surface area (Å²) in [5, 5.41) is 37.9. The summed E-state index contributed by atoms with van der Waals surface area (Å²) < 4.78 is 91.7. The lowest BCUT2D eigenvalue weighted by atomic mass is 9.78. The summed E-state index contributed by atoms with van der Waals surface area (Å²) in [5.41, 5.74) is 6.52. The molecule has 0 bridgehead atoms. The summed E-state index contributed by atoms with van der Waals surface area (Å²) in [5.74, 6) is 3.71. The molecule has 4 aliphatic carbocycles. The summed E-state index contributed by atoms with van der Waals surface area (Å²) in [7, 11) is 0.789. The van der Waals surface area contributed by atoms with Crippen LogP contribution in [-0.2, 0) is 31.5 Å². The standard InChI is InChI=1S/C24H27N3O4.C17H22BF3O3.C16H19N3O3.C14H15N3O3/c1-4-30-24(28)22-23(19-11-16(2)12-21(13-19)31-15-18-5-6-18)27(26-25-22)14-17-7-9-20(29-3)10-8-17;1-15(2)16(3,4)24-18(23-15)13-7-12(17(19,20)21)8-14(9-13)22-10-11-5-6-11;1-3-21-16(20)15-14(17-19-18-15)12-6-10(2)7-13(8-12)22-9-11-4-5-11;1-8-4-10(12-13(14(18)19)16-17-15-12)6-11(5-8)20-7-9-2-3-9/h7-13,18H,4-6,14-15H2,1-3H3;7-9,11H,5-6,10H2,1-4H3;6-8,11H,3-5,9H2,1-2H3,(H,17,18,19);4-6,9H,2-3,7H2,1H3,(H,18,19)(H,15,16,17). The highest BCUT2D eigenvalue weighted by molar-refractivity contribution is 6.62. The molecule has 0 unspecified atom stereocenters. The van der Waals surface area contributed by atoms with Crippen LogP contribution < -0.4 is 29.1 Å². The van der Waals surface area contributed by atoms with Crippen molar-refractivity contribution in [1.82, 2.24) is 45.8 Å². The number of H-pyrrole nitrogens is 2. The molecule has 4 saturated carbocycles. The van der Waals surface area contributed by atoms with Gasteiger partial charge in [0.05, 0.1) is 70.1 Å². The molecule has 5 aromatic carbocycles. The third-order valence-electron chi connectivity index (χ3n) is 16.9. The number of benzene rings is 5. The number of aromatic nitrogens is 9. The smallest absolute Gasteiger partial charge is 0.494 e. The molecule has 3 aromatic heterocycles. The Balaban J connectivity index is 0.000000142. The van der Waals surface area contributed by atoms with Crippen LogP contribution >= 0.6 is 0 Å². The zero-order valence-corrected chi connectivity index (χ0v) is 56.3. The molecule has 0 amide bonds. The average Bonchev–Trinajstić information content (AvgIpc) is 1.60. The first-order chi connectivity index (χ1) is 46.3. The number of hydrogen-bond donors (Lipinski definition) is 3. The quantitative estimate of drug-likeness (QED) is 0.0375. The maximum Gasteiger partial charge on any atom is 0.494 e. The summed E-state index contributed by atoms with van der Waals surface area (Å²) in [4.78, 5) is 35.6. The first-order valence-electron chi connectivity index (χ1n) is 32.8. The molecule has 4 heterocycles. The Labute approximate surface area is 561 Å². The van der Waals surface area contributed by atoms with E-state index in [1.807, 2.05) is 121 Å². The van der Waals surface area contributed by atoms with Gasteiger partial charge >= 0.3 is 31.2 Å². The third-order valence-corrected chi connectivity index (χ3v) is 16.9. The fourth-order valence-electron chi connectivity index (χ4n) is 10.2. The number of aryl methyl sites for hydroxylation is 3. The molecular weight excluding hydrogens is 1250 g/mol. The number of carbonyl (C=O) groups excluding carboxylic acids is 2. The molecule has 8 aromatic rings. The fraction of sp³-hybridized carbons (Fsp3) is 0.451. The van der Waals surface area contributed by atoms with Gasteiger partial charge in [-0.3, -0.25) is 0 Å². The second kappa shape index (κ2) is 30.8. The van der Waals surface area contributed by atoms with Gasteiger partial charge in [-0.25, -0.2) is 19.1 Å². The predicted molar refractivity (Wildman–Crippen MR) is 354 cm³/mol. The Bertz CT molecular complexity index is 4010. The number of esters is 2. The van der Waals surface area contributed by atoms with Crippen molar-refractivity contribution in [3.05, 3.63) is 142 Å². The lowest BCUT2D eigenvalue weighted by Crippen LogP contribution is -2.41. The minimum absolute atomic E-state index is 0.0799. The lowest BCUT2D eigenvalue weighted by molar-refractivity contribution is -0.137. The van der Waals surface area contributed by atoms with E-state index in [4.69, 9.17) is 47.6 Å². The Morgan fingerprint density at radius 2 is 0.990 bits per heavy atom. The van der Waals surface area contributed by atoms with Gasteiger partial charge in [0.25, 0.3) is 0 Å². The molecule has 26 heteroatoms. The van der Waals surface area contributed by atoms with E-state index in [2.05, 4.69) is 41.1 Å². The van der Waals surface area contributed by atoms with E-state index in [0.29, 0.717) is 78.1 Å². The van der Waals surface area contributed by atoms with E-state index in [1.54, 1.807) is 37.8 Å². The molecule has 5 aliphatic rings. The van der Waals surface area contributed by atoms with E-state index in [1.165, 1.54) is 38.5 Å². The van der Waals surface area contributed by atoms with E-state index >= 15 is 0 Å². The highest BCUT2D eigenvalue weighted by Crippen LogP contribution is 2.40. The molecule has 3 N–H and O–H groups in total. The van der Waals surface area contributed by atoms with Crippen LogP contribution in [0.25, 0.3) is 33.8 Å². The molecule has 22 nitrogen and oxygen atoms in total. The molecular formula is C71H83BF3N9O13. The Morgan fingerprint density at radius 1 is 0.567 bits per heavy atom. The maximum absolute atomic E-state index is 13.2. The monoisotopic (exact) mass is 1340 g/mol.